The minimum Gasteiger partial charge on any atom is -0.474 e. The topological polar surface area (TPSA) is 114 Å². The van der Waals surface area contributed by atoms with Crippen LogP contribution in [0.25, 0.3) is 11.5 Å². The number of nitrogens with zero attached hydrogens (tertiary/aromatic N) is 1. The van der Waals surface area contributed by atoms with Gasteiger partial charge in [0.2, 0.25) is 0 Å². The maximum Gasteiger partial charge on any atom is 0.303 e. The van der Waals surface area contributed by atoms with Crippen molar-refractivity contribution in [1.29, 1.82) is 0 Å². The van der Waals surface area contributed by atoms with E-state index in [1.165, 1.54) is 38.7 Å². The molecule has 1 fully saturated rings. The van der Waals surface area contributed by atoms with Crippen molar-refractivity contribution in [3.63, 3.8) is 0 Å². The fourth-order valence-corrected chi connectivity index (χ4v) is 4.18. The fourth-order valence-electron chi connectivity index (χ4n) is 2.96. The molecule has 9 nitrogen and oxygen atoms in total. The van der Waals surface area contributed by atoms with Gasteiger partial charge in [0, 0.05) is 26.5 Å². The van der Waals surface area contributed by atoms with Crippen LogP contribution in [0.1, 0.15) is 20.8 Å². The molecular weight excluding hydrogens is 414 g/mol. The van der Waals surface area contributed by atoms with E-state index in [4.69, 9.17) is 23.4 Å². The predicted molar refractivity (Wildman–Crippen MR) is 105 cm³/mol. The van der Waals surface area contributed by atoms with E-state index >= 15 is 0 Å². The van der Waals surface area contributed by atoms with Gasteiger partial charge in [0.1, 0.15) is 11.4 Å². The van der Waals surface area contributed by atoms with Gasteiger partial charge in [-0.05, 0) is 24.3 Å². The smallest absolute Gasteiger partial charge is 0.303 e. The number of carbonyl (C=O) groups excluding carboxylic acids is 3. The molecule has 0 saturated carbocycles. The minimum atomic E-state index is -1.00. The summed E-state index contributed by atoms with van der Waals surface area (Å²) in [6.07, 6.45) is 0.303. The van der Waals surface area contributed by atoms with Gasteiger partial charge in [0.15, 0.2) is 29.5 Å². The summed E-state index contributed by atoms with van der Waals surface area (Å²) in [6.45, 7) is 3.72. The molecule has 3 rings (SSSR count). The maximum absolute atomic E-state index is 11.7. The molecule has 4 atom stereocenters. The summed E-state index contributed by atoms with van der Waals surface area (Å²) in [7, 11) is 0. The number of aromatic nitrogens is 1. The summed E-state index contributed by atoms with van der Waals surface area (Å²) in [4.78, 5) is 39.1. The van der Waals surface area contributed by atoms with Crippen LogP contribution in [0.5, 0.6) is 5.75 Å². The number of thioether (sulfide) groups is 1. The lowest BCUT2D eigenvalue weighted by molar-refractivity contribution is -0.186. The van der Waals surface area contributed by atoms with Crippen molar-refractivity contribution in [2.45, 2.75) is 44.5 Å². The molecular formula is C20H21NO8S. The highest BCUT2D eigenvalue weighted by molar-refractivity contribution is 7.99. The summed E-state index contributed by atoms with van der Waals surface area (Å²) in [5, 5.41) is 0. The quantitative estimate of drug-likeness (QED) is 0.495. The number of hydrogen-bond acceptors (Lipinski definition) is 10. The van der Waals surface area contributed by atoms with Crippen molar-refractivity contribution in [2.24, 2.45) is 0 Å². The highest BCUT2D eigenvalue weighted by atomic mass is 32.2. The van der Waals surface area contributed by atoms with E-state index in [9.17, 15) is 14.4 Å². The van der Waals surface area contributed by atoms with Gasteiger partial charge in [0.05, 0.1) is 12.5 Å². The largest absolute Gasteiger partial charge is 0.474 e. The molecule has 0 bridgehead atoms. The molecule has 1 unspecified atom stereocenters. The lowest BCUT2D eigenvalue weighted by Crippen LogP contribution is -2.55. The van der Waals surface area contributed by atoms with Crippen LogP contribution in [0.15, 0.2) is 41.1 Å². The highest BCUT2D eigenvalue weighted by Gasteiger charge is 2.47. The zero-order chi connectivity index (χ0) is 21.7. The van der Waals surface area contributed by atoms with Crippen molar-refractivity contribution >= 4 is 29.7 Å². The predicted octanol–water partition coefficient (Wildman–Crippen LogP) is 2.59. The second kappa shape index (κ2) is 9.66. The second-order valence-corrected chi connectivity index (χ2v) is 7.60. The first kappa shape index (κ1) is 21.7. The van der Waals surface area contributed by atoms with E-state index in [-0.39, 0.29) is 5.75 Å². The van der Waals surface area contributed by atoms with E-state index in [1.807, 2.05) is 0 Å². The summed E-state index contributed by atoms with van der Waals surface area (Å²) in [5.74, 6) is -0.377. The molecule has 0 N–H and O–H groups in total. The van der Waals surface area contributed by atoms with E-state index < -0.39 is 41.7 Å². The summed E-state index contributed by atoms with van der Waals surface area (Å²) in [6, 6.07) is 6.98. The molecule has 0 spiro atoms. The molecule has 0 amide bonds. The van der Waals surface area contributed by atoms with Gasteiger partial charge >= 0.3 is 17.9 Å². The van der Waals surface area contributed by atoms with Crippen LogP contribution < -0.4 is 4.74 Å². The Labute approximate surface area is 177 Å². The third-order valence-electron chi connectivity index (χ3n) is 4.07. The molecule has 2 aromatic heterocycles. The number of carbonyl (C=O) groups is 3. The van der Waals surface area contributed by atoms with E-state index in [0.717, 1.165) is 0 Å². The van der Waals surface area contributed by atoms with Crippen molar-refractivity contribution in [3.8, 4) is 17.2 Å². The molecule has 3 heterocycles. The number of esters is 3. The van der Waals surface area contributed by atoms with Crippen molar-refractivity contribution in [1.82, 2.24) is 4.98 Å². The molecule has 160 valence electrons. The zero-order valence-electron chi connectivity index (χ0n) is 16.6. The molecule has 0 radical (unpaired) electrons. The molecule has 2 aromatic rings. The number of hydrogen-bond donors (Lipinski definition) is 0. The number of pyridine rings is 1. The number of rotatable bonds is 6. The van der Waals surface area contributed by atoms with Gasteiger partial charge in [-0.1, -0.05) is 0 Å². The van der Waals surface area contributed by atoms with Gasteiger partial charge in [0.25, 0.3) is 0 Å². The Balaban J connectivity index is 1.80. The van der Waals surface area contributed by atoms with Crippen LogP contribution in [-0.4, -0.2) is 52.4 Å². The van der Waals surface area contributed by atoms with Gasteiger partial charge in [-0.25, -0.2) is 4.98 Å². The molecule has 0 aromatic carbocycles. The van der Waals surface area contributed by atoms with Crippen LogP contribution in [0.4, 0.5) is 0 Å². The van der Waals surface area contributed by atoms with Gasteiger partial charge in [-0.2, -0.15) is 0 Å². The van der Waals surface area contributed by atoms with E-state index in [1.54, 1.807) is 30.5 Å². The normalized spacial score (nSPS) is 23.3. The van der Waals surface area contributed by atoms with Crippen molar-refractivity contribution in [2.75, 3.05) is 5.75 Å². The third-order valence-corrected chi connectivity index (χ3v) is 5.28. The summed E-state index contributed by atoms with van der Waals surface area (Å²) < 4.78 is 27.3. The fraction of sp³-hybridized carbons (Fsp3) is 0.400. The van der Waals surface area contributed by atoms with Crippen LogP contribution in [0, 0.1) is 0 Å². The summed E-state index contributed by atoms with van der Waals surface area (Å²) >= 11 is 1.28. The Bertz CT molecular complexity index is 883. The van der Waals surface area contributed by atoms with Crippen LogP contribution in [-0.2, 0) is 28.6 Å². The molecule has 30 heavy (non-hydrogen) atoms. The number of ether oxygens (including phenoxy) is 4. The van der Waals surface area contributed by atoms with Crippen LogP contribution in [0.3, 0.4) is 0 Å². The Morgan fingerprint density at radius 3 is 2.27 bits per heavy atom. The Morgan fingerprint density at radius 2 is 1.70 bits per heavy atom. The Morgan fingerprint density at radius 1 is 1.00 bits per heavy atom. The average Bonchev–Trinajstić information content (AvgIpc) is 3.20. The monoisotopic (exact) mass is 435 g/mol. The van der Waals surface area contributed by atoms with Crippen LogP contribution >= 0.6 is 11.8 Å². The molecule has 10 heteroatoms. The maximum atomic E-state index is 11.7. The van der Waals surface area contributed by atoms with Crippen molar-refractivity contribution in [3.05, 3.63) is 36.7 Å². The van der Waals surface area contributed by atoms with Gasteiger partial charge < -0.3 is 23.4 Å². The zero-order valence-corrected chi connectivity index (χ0v) is 17.4. The molecule has 1 aliphatic rings. The standard InChI is InChI=1S/C20H21NO8S/c1-11(22)26-17-10-30-20(19(28-13(3)24)18(17)27-12(2)23)29-14-6-7-15(21-9-14)16-5-4-8-25-16/h4-9,17-20H,10H2,1-3H3/t17-,18+,19-,20?/m1/s1. The molecule has 1 aliphatic heterocycles. The van der Waals surface area contributed by atoms with Gasteiger partial charge in [-0.3, -0.25) is 14.4 Å². The minimum absolute atomic E-state index is 0.290. The third kappa shape index (κ3) is 5.53. The highest BCUT2D eigenvalue weighted by Crippen LogP contribution is 2.34. The van der Waals surface area contributed by atoms with Crippen molar-refractivity contribution < 1.29 is 37.7 Å². The average molecular weight is 435 g/mol. The van der Waals surface area contributed by atoms with E-state index in [0.29, 0.717) is 17.2 Å². The van der Waals surface area contributed by atoms with Gasteiger partial charge in [-0.15, -0.1) is 11.8 Å². The lowest BCUT2D eigenvalue weighted by Gasteiger charge is -2.39. The number of furan rings is 1. The Hall–Kier alpha value is -3.01. The summed E-state index contributed by atoms with van der Waals surface area (Å²) in [5.41, 5.74) is -0.0748. The van der Waals surface area contributed by atoms with E-state index in [2.05, 4.69) is 4.98 Å². The molecule has 0 aliphatic carbocycles. The lowest BCUT2D eigenvalue weighted by atomic mass is 10.1. The first-order chi connectivity index (χ1) is 14.3. The molecule has 1 saturated heterocycles. The SMILES string of the molecule is CC(=O)O[C@H]1[C@H](OC(C)=O)CSC(Oc2ccc(-c3ccco3)nc2)[C@@H]1OC(C)=O. The van der Waals surface area contributed by atoms with Crippen LogP contribution in [0.2, 0.25) is 0 Å². The second-order valence-electron chi connectivity index (χ2n) is 6.47. The Kier molecular flexibility index (Phi) is 6.99. The first-order valence-electron chi connectivity index (χ1n) is 9.13. The first-order valence-corrected chi connectivity index (χ1v) is 10.2.